The highest BCUT2D eigenvalue weighted by Gasteiger charge is 2.08. The molecule has 2 N–H and O–H groups in total. The lowest BCUT2D eigenvalue weighted by Crippen LogP contribution is -2.11. The standard InChI is InChI=1S/C11H13ClN2/c1-7(13-2)10-6-14-11-5-8(12)3-4-9(10)11/h3-7,13-14H,1-2H3. The molecule has 0 aliphatic carbocycles. The molecule has 0 amide bonds. The van der Waals surface area contributed by atoms with Crippen LogP contribution in [0, 0.1) is 0 Å². The Labute approximate surface area is 88.3 Å². The van der Waals surface area contributed by atoms with Gasteiger partial charge in [-0.1, -0.05) is 17.7 Å². The third-order valence-corrected chi connectivity index (χ3v) is 2.81. The first-order chi connectivity index (χ1) is 6.72. The van der Waals surface area contributed by atoms with Gasteiger partial charge in [0.25, 0.3) is 0 Å². The van der Waals surface area contributed by atoms with Crippen molar-refractivity contribution >= 4 is 22.5 Å². The second kappa shape index (κ2) is 3.64. The fourth-order valence-corrected chi connectivity index (χ4v) is 1.81. The third kappa shape index (κ3) is 1.51. The van der Waals surface area contributed by atoms with Crippen LogP contribution in [0.25, 0.3) is 10.9 Å². The zero-order valence-corrected chi connectivity index (χ0v) is 9.02. The molecule has 0 saturated heterocycles. The Bertz CT molecular complexity index is 447. The monoisotopic (exact) mass is 208 g/mol. The summed E-state index contributed by atoms with van der Waals surface area (Å²) in [6.45, 7) is 2.14. The Hall–Kier alpha value is -0.990. The van der Waals surface area contributed by atoms with E-state index in [1.807, 2.05) is 25.4 Å². The highest BCUT2D eigenvalue weighted by molar-refractivity contribution is 6.31. The molecule has 0 aliphatic rings. The van der Waals surface area contributed by atoms with E-state index in [2.05, 4.69) is 23.3 Å². The van der Waals surface area contributed by atoms with Gasteiger partial charge in [-0.3, -0.25) is 0 Å². The van der Waals surface area contributed by atoms with E-state index < -0.39 is 0 Å². The number of benzene rings is 1. The van der Waals surface area contributed by atoms with Crippen LogP contribution in [0.4, 0.5) is 0 Å². The van der Waals surface area contributed by atoms with Gasteiger partial charge in [0.05, 0.1) is 0 Å². The van der Waals surface area contributed by atoms with E-state index >= 15 is 0 Å². The predicted molar refractivity (Wildman–Crippen MR) is 60.8 cm³/mol. The van der Waals surface area contributed by atoms with Crippen LogP contribution >= 0.6 is 11.6 Å². The molecule has 0 fully saturated rings. The minimum Gasteiger partial charge on any atom is -0.361 e. The van der Waals surface area contributed by atoms with Crippen molar-refractivity contribution in [3.05, 3.63) is 35.0 Å². The second-order valence-electron chi connectivity index (χ2n) is 3.44. The zero-order chi connectivity index (χ0) is 10.1. The van der Waals surface area contributed by atoms with Gasteiger partial charge in [-0.15, -0.1) is 0 Å². The molecule has 3 heteroatoms. The van der Waals surface area contributed by atoms with Crippen molar-refractivity contribution < 1.29 is 0 Å². The van der Waals surface area contributed by atoms with Gasteiger partial charge in [0, 0.05) is 28.2 Å². The minimum absolute atomic E-state index is 0.352. The summed E-state index contributed by atoms with van der Waals surface area (Å²) < 4.78 is 0. The molecule has 0 aliphatic heterocycles. The first-order valence-electron chi connectivity index (χ1n) is 4.66. The molecular formula is C11H13ClN2. The van der Waals surface area contributed by atoms with Crippen LogP contribution in [0.3, 0.4) is 0 Å². The number of nitrogens with one attached hydrogen (secondary N) is 2. The first kappa shape index (κ1) is 9.56. The molecule has 1 aromatic carbocycles. The van der Waals surface area contributed by atoms with Crippen LogP contribution in [-0.4, -0.2) is 12.0 Å². The van der Waals surface area contributed by atoms with Gasteiger partial charge >= 0.3 is 0 Å². The fourth-order valence-electron chi connectivity index (χ4n) is 1.63. The maximum atomic E-state index is 5.91. The molecule has 1 heterocycles. The van der Waals surface area contributed by atoms with Crippen LogP contribution < -0.4 is 5.32 Å². The average molecular weight is 209 g/mol. The van der Waals surface area contributed by atoms with Crippen molar-refractivity contribution in [1.82, 2.24) is 10.3 Å². The lowest BCUT2D eigenvalue weighted by Gasteiger charge is -2.08. The number of hydrogen-bond acceptors (Lipinski definition) is 1. The summed E-state index contributed by atoms with van der Waals surface area (Å²) in [5.41, 5.74) is 2.37. The van der Waals surface area contributed by atoms with Gasteiger partial charge in [0.2, 0.25) is 0 Å². The number of halogens is 1. The molecule has 2 nitrogen and oxygen atoms in total. The quantitative estimate of drug-likeness (QED) is 0.780. The summed E-state index contributed by atoms with van der Waals surface area (Å²) >= 11 is 5.91. The van der Waals surface area contributed by atoms with Crippen LogP contribution in [0.2, 0.25) is 5.02 Å². The molecule has 0 spiro atoms. The van der Waals surface area contributed by atoms with E-state index in [0.29, 0.717) is 6.04 Å². The van der Waals surface area contributed by atoms with Gasteiger partial charge in [-0.2, -0.15) is 0 Å². The Kier molecular flexibility index (Phi) is 2.48. The molecular weight excluding hydrogens is 196 g/mol. The Morgan fingerprint density at radius 3 is 2.93 bits per heavy atom. The average Bonchev–Trinajstić information content (AvgIpc) is 2.59. The number of fused-ring (bicyclic) bond motifs is 1. The molecule has 74 valence electrons. The van der Waals surface area contributed by atoms with Crippen molar-refractivity contribution in [1.29, 1.82) is 0 Å². The van der Waals surface area contributed by atoms with E-state index in [0.717, 1.165) is 10.5 Å². The maximum absolute atomic E-state index is 5.91. The molecule has 0 bridgehead atoms. The largest absolute Gasteiger partial charge is 0.361 e. The van der Waals surface area contributed by atoms with E-state index in [-0.39, 0.29) is 0 Å². The molecule has 14 heavy (non-hydrogen) atoms. The number of aromatic amines is 1. The SMILES string of the molecule is CNC(C)c1c[nH]c2cc(Cl)ccc12. The van der Waals surface area contributed by atoms with Crippen LogP contribution in [-0.2, 0) is 0 Å². The highest BCUT2D eigenvalue weighted by Crippen LogP contribution is 2.25. The number of aromatic nitrogens is 1. The van der Waals surface area contributed by atoms with Crippen molar-refractivity contribution in [2.24, 2.45) is 0 Å². The normalized spacial score (nSPS) is 13.4. The fraction of sp³-hybridized carbons (Fsp3) is 0.273. The summed E-state index contributed by atoms with van der Waals surface area (Å²) in [6.07, 6.45) is 2.03. The Balaban J connectivity index is 2.58. The molecule has 2 rings (SSSR count). The summed E-state index contributed by atoms with van der Waals surface area (Å²) in [4.78, 5) is 3.22. The second-order valence-corrected chi connectivity index (χ2v) is 3.88. The smallest absolute Gasteiger partial charge is 0.0472 e. The lowest BCUT2D eigenvalue weighted by molar-refractivity contribution is 0.657. The van der Waals surface area contributed by atoms with Gasteiger partial charge in [0.15, 0.2) is 0 Å². The summed E-state index contributed by atoms with van der Waals surface area (Å²) in [7, 11) is 1.96. The number of H-pyrrole nitrogens is 1. The van der Waals surface area contributed by atoms with Crippen LogP contribution in [0.5, 0.6) is 0 Å². The molecule has 1 atom stereocenters. The van der Waals surface area contributed by atoms with E-state index in [4.69, 9.17) is 11.6 Å². The lowest BCUT2D eigenvalue weighted by atomic mass is 10.1. The first-order valence-corrected chi connectivity index (χ1v) is 5.04. The third-order valence-electron chi connectivity index (χ3n) is 2.58. The molecule has 0 saturated carbocycles. The van der Waals surface area contributed by atoms with Crippen molar-refractivity contribution in [2.45, 2.75) is 13.0 Å². The molecule has 0 radical (unpaired) electrons. The van der Waals surface area contributed by atoms with E-state index in [9.17, 15) is 0 Å². The van der Waals surface area contributed by atoms with Gasteiger partial charge in [-0.25, -0.2) is 0 Å². The topological polar surface area (TPSA) is 27.8 Å². The summed E-state index contributed by atoms with van der Waals surface area (Å²) in [5, 5.41) is 5.22. The number of rotatable bonds is 2. The molecule has 2 aromatic rings. The van der Waals surface area contributed by atoms with Gasteiger partial charge in [0.1, 0.15) is 0 Å². The summed E-state index contributed by atoms with van der Waals surface area (Å²) in [6, 6.07) is 6.27. The van der Waals surface area contributed by atoms with Crippen LogP contribution in [0.15, 0.2) is 24.4 Å². The summed E-state index contributed by atoms with van der Waals surface area (Å²) in [5.74, 6) is 0. The van der Waals surface area contributed by atoms with Crippen molar-refractivity contribution in [3.8, 4) is 0 Å². The van der Waals surface area contributed by atoms with Crippen molar-refractivity contribution in [2.75, 3.05) is 7.05 Å². The van der Waals surface area contributed by atoms with Gasteiger partial charge < -0.3 is 10.3 Å². The Morgan fingerprint density at radius 1 is 1.43 bits per heavy atom. The molecule has 1 aromatic heterocycles. The maximum Gasteiger partial charge on any atom is 0.0472 e. The number of hydrogen-bond donors (Lipinski definition) is 2. The van der Waals surface area contributed by atoms with E-state index in [1.54, 1.807) is 0 Å². The van der Waals surface area contributed by atoms with Crippen molar-refractivity contribution in [3.63, 3.8) is 0 Å². The minimum atomic E-state index is 0.352. The molecule has 1 unspecified atom stereocenters. The zero-order valence-electron chi connectivity index (χ0n) is 8.26. The van der Waals surface area contributed by atoms with E-state index in [1.165, 1.54) is 10.9 Å². The van der Waals surface area contributed by atoms with Crippen LogP contribution in [0.1, 0.15) is 18.5 Å². The Morgan fingerprint density at radius 2 is 2.21 bits per heavy atom. The van der Waals surface area contributed by atoms with Gasteiger partial charge in [-0.05, 0) is 31.7 Å². The predicted octanol–water partition coefficient (Wildman–Crippen LogP) is 3.10. The highest BCUT2D eigenvalue weighted by atomic mass is 35.5.